The number of rotatable bonds is 4. The molecule has 3 heterocycles. The molecule has 2 aromatic heterocycles. The fraction of sp³-hybridized carbons (Fsp3) is 0.0185. The van der Waals surface area contributed by atoms with E-state index in [0.717, 1.165) is 32.9 Å². The summed E-state index contributed by atoms with van der Waals surface area (Å²) in [5.41, 5.74) is 12.0. The van der Waals surface area contributed by atoms with Gasteiger partial charge < -0.3 is 4.57 Å². The molecule has 282 valence electrons. The van der Waals surface area contributed by atoms with E-state index >= 15 is 0 Å². The minimum atomic E-state index is -0.541. The van der Waals surface area contributed by atoms with E-state index in [2.05, 4.69) is 120 Å². The lowest BCUT2D eigenvalue weighted by atomic mass is 9.67. The summed E-state index contributed by atoms with van der Waals surface area (Å²) < 4.78 is 2.11. The Morgan fingerprint density at radius 2 is 0.967 bits per heavy atom. The average Bonchev–Trinajstić information content (AvgIpc) is 3.82. The first-order chi connectivity index (χ1) is 30.2. The van der Waals surface area contributed by atoms with Crippen LogP contribution in [0.15, 0.2) is 192 Å². The lowest BCUT2D eigenvalue weighted by molar-refractivity contribution is 0.723. The predicted octanol–water partition coefficient (Wildman–Crippen LogP) is 12.5. The zero-order valence-corrected chi connectivity index (χ0v) is 33.2. The highest BCUT2D eigenvalue weighted by Gasteiger charge is 2.50. The summed E-state index contributed by atoms with van der Waals surface area (Å²) in [5.74, 6) is 1.38. The van der Waals surface area contributed by atoms with E-state index in [4.69, 9.17) is 15.0 Å². The van der Waals surface area contributed by atoms with Gasteiger partial charge in [-0.2, -0.15) is 10.5 Å². The zero-order valence-electron chi connectivity index (χ0n) is 32.4. The molecule has 1 spiro atoms. The second kappa shape index (κ2) is 13.5. The predicted molar refractivity (Wildman–Crippen MR) is 241 cm³/mol. The van der Waals surface area contributed by atoms with Crippen LogP contribution in [0.3, 0.4) is 0 Å². The molecule has 10 aromatic rings. The van der Waals surface area contributed by atoms with E-state index in [1.807, 2.05) is 78.5 Å². The summed E-state index contributed by atoms with van der Waals surface area (Å²) in [6.45, 7) is 0. The first kappa shape index (κ1) is 34.9. The Morgan fingerprint density at radius 1 is 0.459 bits per heavy atom. The molecule has 0 atom stereocenters. The van der Waals surface area contributed by atoms with Crippen molar-refractivity contribution in [3.63, 3.8) is 0 Å². The zero-order chi connectivity index (χ0) is 40.7. The van der Waals surface area contributed by atoms with Crippen LogP contribution in [-0.4, -0.2) is 19.5 Å². The number of hydrogen-bond donors (Lipinski definition) is 0. The fourth-order valence-corrected chi connectivity index (χ4v) is 10.9. The molecule has 1 aliphatic carbocycles. The van der Waals surface area contributed by atoms with Gasteiger partial charge in [0.05, 0.1) is 33.3 Å². The van der Waals surface area contributed by atoms with Crippen molar-refractivity contribution in [3.8, 4) is 63.1 Å². The van der Waals surface area contributed by atoms with Gasteiger partial charge in [-0.1, -0.05) is 157 Å². The monoisotopic (exact) mass is 794 g/mol. The second-order valence-electron chi connectivity index (χ2n) is 15.3. The van der Waals surface area contributed by atoms with Gasteiger partial charge in [0, 0.05) is 37.3 Å². The van der Waals surface area contributed by atoms with Gasteiger partial charge in [0.15, 0.2) is 17.5 Å². The SMILES string of the molecule is N#Cc1cc(-c2nc(-c3ccccc3)nc(-c3ccccc3)n2)cc(C#N)c1-n1c2ccccc2c2c3c(ccc21)C1(c2ccccc2Sc2ccccc21)c1ccccc1-3. The number of fused-ring (bicyclic) bond motifs is 13. The molecule has 7 heteroatoms. The molecule has 2 aliphatic rings. The summed E-state index contributed by atoms with van der Waals surface area (Å²) in [7, 11) is 0. The third-order valence-electron chi connectivity index (χ3n) is 12.2. The van der Waals surface area contributed by atoms with Gasteiger partial charge in [-0.25, -0.2) is 15.0 Å². The van der Waals surface area contributed by atoms with Crippen molar-refractivity contribution in [1.29, 1.82) is 10.5 Å². The van der Waals surface area contributed by atoms with E-state index < -0.39 is 5.41 Å². The molecule has 0 fully saturated rings. The van der Waals surface area contributed by atoms with E-state index in [1.165, 1.54) is 43.2 Å². The Morgan fingerprint density at radius 3 is 1.57 bits per heavy atom. The van der Waals surface area contributed by atoms with Gasteiger partial charge in [-0.05, 0) is 69.8 Å². The summed E-state index contributed by atoms with van der Waals surface area (Å²) in [4.78, 5) is 17.2. The van der Waals surface area contributed by atoms with Crippen molar-refractivity contribution < 1.29 is 0 Å². The summed E-state index contributed by atoms with van der Waals surface area (Å²) in [6.07, 6.45) is 0. The van der Waals surface area contributed by atoms with Gasteiger partial charge in [-0.15, -0.1) is 0 Å². The average molecular weight is 795 g/mol. The van der Waals surface area contributed by atoms with Crippen LogP contribution in [0.2, 0.25) is 0 Å². The highest BCUT2D eigenvalue weighted by Crippen LogP contribution is 2.63. The maximum Gasteiger partial charge on any atom is 0.164 e. The first-order valence-electron chi connectivity index (χ1n) is 20.1. The molecule has 6 nitrogen and oxygen atoms in total. The van der Waals surface area contributed by atoms with Gasteiger partial charge in [0.2, 0.25) is 0 Å². The van der Waals surface area contributed by atoms with Gasteiger partial charge in [0.25, 0.3) is 0 Å². The Hall–Kier alpha value is -8.10. The normalized spacial score (nSPS) is 13.0. The van der Waals surface area contributed by atoms with Crippen molar-refractivity contribution in [2.75, 3.05) is 0 Å². The topological polar surface area (TPSA) is 91.2 Å². The quantitative estimate of drug-likeness (QED) is 0.176. The summed E-state index contributed by atoms with van der Waals surface area (Å²) in [6, 6.07) is 67.3. The molecule has 0 saturated carbocycles. The number of nitriles is 2. The largest absolute Gasteiger partial charge is 0.307 e. The molecule has 0 bridgehead atoms. The minimum Gasteiger partial charge on any atom is -0.307 e. The molecule has 0 amide bonds. The second-order valence-corrected chi connectivity index (χ2v) is 16.4. The maximum absolute atomic E-state index is 11.0. The third kappa shape index (κ3) is 4.99. The molecular weight excluding hydrogens is 765 g/mol. The van der Waals surface area contributed by atoms with E-state index in [-0.39, 0.29) is 0 Å². The van der Waals surface area contributed by atoms with Crippen LogP contribution < -0.4 is 0 Å². The van der Waals surface area contributed by atoms with Crippen molar-refractivity contribution in [1.82, 2.24) is 19.5 Å². The van der Waals surface area contributed by atoms with Crippen LogP contribution in [0, 0.1) is 22.7 Å². The molecule has 0 radical (unpaired) electrons. The van der Waals surface area contributed by atoms with Crippen LogP contribution in [0.1, 0.15) is 33.4 Å². The first-order valence-corrected chi connectivity index (χ1v) is 20.9. The van der Waals surface area contributed by atoms with Gasteiger partial charge in [0.1, 0.15) is 12.1 Å². The van der Waals surface area contributed by atoms with E-state index in [1.54, 1.807) is 12.1 Å². The number of nitrogens with zero attached hydrogens (tertiary/aromatic N) is 6. The molecule has 0 unspecified atom stereocenters. The lowest BCUT2D eigenvalue weighted by Gasteiger charge is -2.39. The Balaban J connectivity index is 1.13. The maximum atomic E-state index is 11.0. The number of benzene rings is 8. The molecular formula is C54H30N6S. The smallest absolute Gasteiger partial charge is 0.164 e. The fourth-order valence-electron chi connectivity index (χ4n) is 9.75. The van der Waals surface area contributed by atoms with Crippen LogP contribution >= 0.6 is 11.8 Å². The Labute approximate surface area is 355 Å². The standard InChI is InChI=1S/C54H30N6S/c55-31-36-29-35(53-58-51(33-15-3-1-4-16-33)57-52(59-53)34-17-5-2-6-18-34)30-37(32-56)50(36)60-44-24-12-8-20-39(44)49-45(60)28-27-43-48(49)38-19-7-9-21-40(38)54(43)41-22-10-13-25-46(41)61-47-26-14-11-23-42(47)54/h1-30H. The van der Waals surface area contributed by atoms with E-state index in [0.29, 0.717) is 39.9 Å². The third-order valence-corrected chi connectivity index (χ3v) is 13.3. The summed E-state index contributed by atoms with van der Waals surface area (Å²) in [5, 5.41) is 24.2. The number of para-hydroxylation sites is 1. The van der Waals surface area contributed by atoms with Crippen molar-refractivity contribution in [2.45, 2.75) is 15.2 Å². The van der Waals surface area contributed by atoms with Gasteiger partial charge >= 0.3 is 0 Å². The Bertz CT molecular complexity index is 3400. The lowest BCUT2D eigenvalue weighted by Crippen LogP contribution is -2.31. The Kier molecular flexibility index (Phi) is 7.71. The van der Waals surface area contributed by atoms with Crippen LogP contribution in [0.25, 0.3) is 72.8 Å². The van der Waals surface area contributed by atoms with Crippen LogP contribution in [0.4, 0.5) is 0 Å². The van der Waals surface area contributed by atoms with Crippen LogP contribution in [-0.2, 0) is 5.41 Å². The van der Waals surface area contributed by atoms with Gasteiger partial charge in [-0.3, -0.25) is 0 Å². The molecule has 1 aliphatic heterocycles. The highest BCUT2D eigenvalue weighted by atomic mass is 32.2. The van der Waals surface area contributed by atoms with E-state index in [9.17, 15) is 10.5 Å². The molecule has 0 saturated heterocycles. The molecule has 8 aromatic carbocycles. The molecule has 12 rings (SSSR count). The summed E-state index contributed by atoms with van der Waals surface area (Å²) >= 11 is 1.83. The minimum absolute atomic E-state index is 0.337. The van der Waals surface area contributed by atoms with Crippen molar-refractivity contribution in [2.24, 2.45) is 0 Å². The number of hydrogen-bond acceptors (Lipinski definition) is 6. The molecule has 61 heavy (non-hydrogen) atoms. The van der Waals surface area contributed by atoms with Crippen LogP contribution in [0.5, 0.6) is 0 Å². The van der Waals surface area contributed by atoms with Crippen molar-refractivity contribution in [3.05, 3.63) is 215 Å². The highest BCUT2D eigenvalue weighted by molar-refractivity contribution is 7.99. The molecule has 0 N–H and O–H groups in total. The number of aromatic nitrogens is 4. The van der Waals surface area contributed by atoms with Crippen molar-refractivity contribution >= 4 is 33.6 Å².